The van der Waals surface area contributed by atoms with Gasteiger partial charge in [-0.1, -0.05) is 0 Å². The smallest absolute Gasteiger partial charge is 0.0707 e. The van der Waals surface area contributed by atoms with Crippen LogP contribution < -0.4 is 5.32 Å². The monoisotopic (exact) mass is 282 g/mol. The van der Waals surface area contributed by atoms with E-state index in [0.717, 1.165) is 31.7 Å². The molecule has 4 nitrogen and oxygen atoms in total. The molecule has 0 aromatic carbocycles. The molecule has 2 saturated heterocycles. The summed E-state index contributed by atoms with van der Waals surface area (Å²) in [7, 11) is 1.81. The highest BCUT2D eigenvalue weighted by molar-refractivity contribution is 4.85. The molecule has 3 aliphatic rings. The van der Waals surface area contributed by atoms with E-state index in [9.17, 15) is 0 Å². The lowest BCUT2D eigenvalue weighted by atomic mass is 9.97. The number of hydrogen-bond donors (Lipinski definition) is 1. The maximum absolute atomic E-state index is 6.19. The van der Waals surface area contributed by atoms with Gasteiger partial charge in [-0.15, -0.1) is 0 Å². The molecule has 0 spiro atoms. The first-order chi connectivity index (χ1) is 9.83. The number of rotatable bonds is 7. The minimum absolute atomic E-state index is 0.464. The third kappa shape index (κ3) is 4.42. The number of nitrogens with zero attached hydrogens (tertiary/aromatic N) is 1. The van der Waals surface area contributed by atoms with E-state index in [2.05, 4.69) is 10.2 Å². The van der Waals surface area contributed by atoms with Crippen LogP contribution in [0.3, 0.4) is 0 Å². The zero-order chi connectivity index (χ0) is 13.8. The normalized spacial score (nSPS) is 32.9. The first-order valence-electron chi connectivity index (χ1n) is 8.43. The molecule has 0 aromatic rings. The van der Waals surface area contributed by atoms with Crippen molar-refractivity contribution >= 4 is 0 Å². The summed E-state index contributed by atoms with van der Waals surface area (Å²) >= 11 is 0. The van der Waals surface area contributed by atoms with Crippen molar-refractivity contribution in [1.29, 1.82) is 0 Å². The number of likely N-dealkylation sites (tertiary alicyclic amines) is 1. The molecule has 2 heterocycles. The molecule has 20 heavy (non-hydrogen) atoms. The van der Waals surface area contributed by atoms with Gasteiger partial charge in [0, 0.05) is 32.8 Å². The summed E-state index contributed by atoms with van der Waals surface area (Å²) in [6, 6.07) is 0.803. The molecular formula is C16H30N2O2. The van der Waals surface area contributed by atoms with Crippen molar-refractivity contribution in [1.82, 2.24) is 10.2 Å². The van der Waals surface area contributed by atoms with Crippen LogP contribution in [0.5, 0.6) is 0 Å². The fourth-order valence-corrected chi connectivity index (χ4v) is 3.51. The highest BCUT2D eigenvalue weighted by Gasteiger charge is 2.30. The van der Waals surface area contributed by atoms with E-state index in [4.69, 9.17) is 9.47 Å². The van der Waals surface area contributed by atoms with E-state index >= 15 is 0 Å². The van der Waals surface area contributed by atoms with Gasteiger partial charge < -0.3 is 19.7 Å². The maximum atomic E-state index is 6.19. The first kappa shape index (κ1) is 14.8. The summed E-state index contributed by atoms with van der Waals surface area (Å²) in [4.78, 5) is 2.59. The summed E-state index contributed by atoms with van der Waals surface area (Å²) in [6.07, 6.45) is 8.73. The molecule has 3 rings (SSSR count). The first-order valence-corrected chi connectivity index (χ1v) is 8.43. The maximum Gasteiger partial charge on any atom is 0.0707 e. The SMILES string of the molecule is COCC1CCN(CC2CCC(CNC3CC3)O2)CC1. The van der Waals surface area contributed by atoms with Crippen LogP contribution in [-0.2, 0) is 9.47 Å². The zero-order valence-electron chi connectivity index (χ0n) is 12.9. The third-order valence-electron chi connectivity index (χ3n) is 4.98. The molecule has 2 atom stereocenters. The quantitative estimate of drug-likeness (QED) is 0.770. The molecule has 0 amide bonds. The Bertz CT molecular complexity index is 288. The predicted octanol–water partition coefficient (Wildman–Crippen LogP) is 1.64. The lowest BCUT2D eigenvalue weighted by molar-refractivity contribution is 0.0125. The van der Waals surface area contributed by atoms with Crippen LogP contribution in [-0.4, -0.2) is 63.0 Å². The van der Waals surface area contributed by atoms with Crippen molar-refractivity contribution in [2.75, 3.05) is 39.9 Å². The van der Waals surface area contributed by atoms with E-state index in [1.54, 1.807) is 0 Å². The molecule has 2 aliphatic heterocycles. The second-order valence-electron chi connectivity index (χ2n) is 6.84. The van der Waals surface area contributed by atoms with Gasteiger partial charge in [0.1, 0.15) is 0 Å². The van der Waals surface area contributed by atoms with Gasteiger partial charge in [-0.2, -0.15) is 0 Å². The fraction of sp³-hybridized carbons (Fsp3) is 1.00. The second-order valence-corrected chi connectivity index (χ2v) is 6.84. The Balaban J connectivity index is 1.30. The Hall–Kier alpha value is -0.160. The van der Waals surface area contributed by atoms with Crippen molar-refractivity contribution in [3.05, 3.63) is 0 Å². The van der Waals surface area contributed by atoms with Gasteiger partial charge in [0.05, 0.1) is 12.2 Å². The Morgan fingerprint density at radius 2 is 1.80 bits per heavy atom. The van der Waals surface area contributed by atoms with Gasteiger partial charge in [0.25, 0.3) is 0 Å². The van der Waals surface area contributed by atoms with Gasteiger partial charge >= 0.3 is 0 Å². The van der Waals surface area contributed by atoms with Gasteiger partial charge in [0.15, 0.2) is 0 Å². The van der Waals surface area contributed by atoms with Crippen molar-refractivity contribution in [3.8, 4) is 0 Å². The number of nitrogens with one attached hydrogen (secondary N) is 1. The standard InChI is InChI=1S/C16H30N2O2/c1-19-12-13-6-8-18(9-7-13)11-16-5-4-15(20-16)10-17-14-2-3-14/h13-17H,2-12H2,1H3. The molecule has 1 aliphatic carbocycles. The number of hydrogen-bond acceptors (Lipinski definition) is 4. The molecule has 0 radical (unpaired) electrons. The van der Waals surface area contributed by atoms with E-state index in [0.29, 0.717) is 12.2 Å². The van der Waals surface area contributed by atoms with Crippen LogP contribution in [0.15, 0.2) is 0 Å². The van der Waals surface area contributed by atoms with Crippen molar-refractivity contribution < 1.29 is 9.47 Å². The summed E-state index contributed by atoms with van der Waals surface area (Å²) in [5.74, 6) is 0.774. The zero-order valence-corrected chi connectivity index (χ0v) is 12.9. The fourth-order valence-electron chi connectivity index (χ4n) is 3.51. The predicted molar refractivity (Wildman–Crippen MR) is 80.0 cm³/mol. The molecular weight excluding hydrogens is 252 g/mol. The largest absolute Gasteiger partial charge is 0.384 e. The molecule has 4 heteroatoms. The van der Waals surface area contributed by atoms with Gasteiger partial charge in [-0.3, -0.25) is 0 Å². The lowest BCUT2D eigenvalue weighted by Gasteiger charge is -2.33. The molecule has 0 aromatic heterocycles. The molecule has 1 N–H and O–H groups in total. The van der Waals surface area contributed by atoms with E-state index < -0.39 is 0 Å². The van der Waals surface area contributed by atoms with Crippen LogP contribution in [0.2, 0.25) is 0 Å². The third-order valence-corrected chi connectivity index (χ3v) is 4.98. The minimum Gasteiger partial charge on any atom is -0.384 e. The highest BCUT2D eigenvalue weighted by Crippen LogP contribution is 2.24. The van der Waals surface area contributed by atoms with Gasteiger partial charge in [0.2, 0.25) is 0 Å². The lowest BCUT2D eigenvalue weighted by Crippen LogP contribution is -2.40. The molecule has 116 valence electrons. The van der Waals surface area contributed by atoms with E-state index in [1.165, 1.54) is 51.6 Å². The molecule has 3 fully saturated rings. The Morgan fingerprint density at radius 1 is 1.05 bits per heavy atom. The van der Waals surface area contributed by atoms with E-state index in [1.807, 2.05) is 7.11 Å². The molecule has 2 unspecified atom stereocenters. The summed E-state index contributed by atoms with van der Waals surface area (Å²) in [6.45, 7) is 5.58. The van der Waals surface area contributed by atoms with Crippen LogP contribution >= 0.6 is 0 Å². The minimum atomic E-state index is 0.464. The average Bonchev–Trinajstić information content (AvgIpc) is 3.19. The number of piperidine rings is 1. The summed E-state index contributed by atoms with van der Waals surface area (Å²) in [5, 5.41) is 3.59. The number of methoxy groups -OCH3 is 1. The summed E-state index contributed by atoms with van der Waals surface area (Å²) in [5.41, 5.74) is 0. The highest BCUT2D eigenvalue weighted by atomic mass is 16.5. The Morgan fingerprint density at radius 3 is 2.50 bits per heavy atom. The van der Waals surface area contributed by atoms with Crippen molar-refractivity contribution in [3.63, 3.8) is 0 Å². The topological polar surface area (TPSA) is 33.7 Å². The van der Waals surface area contributed by atoms with Crippen LogP contribution in [0.4, 0.5) is 0 Å². The summed E-state index contributed by atoms with van der Waals surface area (Å²) < 4.78 is 11.5. The van der Waals surface area contributed by atoms with Gasteiger partial charge in [-0.25, -0.2) is 0 Å². The van der Waals surface area contributed by atoms with Crippen LogP contribution in [0.25, 0.3) is 0 Å². The van der Waals surface area contributed by atoms with Crippen molar-refractivity contribution in [2.24, 2.45) is 5.92 Å². The van der Waals surface area contributed by atoms with Gasteiger partial charge in [-0.05, 0) is 57.5 Å². The van der Waals surface area contributed by atoms with Crippen LogP contribution in [0, 0.1) is 5.92 Å². The average molecular weight is 282 g/mol. The number of ether oxygens (including phenoxy) is 2. The molecule has 1 saturated carbocycles. The van der Waals surface area contributed by atoms with Crippen molar-refractivity contribution in [2.45, 2.75) is 56.8 Å². The van der Waals surface area contributed by atoms with Crippen LogP contribution in [0.1, 0.15) is 38.5 Å². The Labute approximate surface area is 123 Å². The molecule has 0 bridgehead atoms. The Kier molecular flexibility index (Phi) is 5.32. The van der Waals surface area contributed by atoms with E-state index in [-0.39, 0.29) is 0 Å². The second kappa shape index (κ2) is 7.21.